The average molecular weight is 376 g/mol. The molecule has 1 unspecified atom stereocenters. The maximum Gasteiger partial charge on any atom is 0.387 e. The van der Waals surface area contributed by atoms with E-state index in [2.05, 4.69) is 9.46 Å². The summed E-state index contributed by atoms with van der Waals surface area (Å²) in [5.74, 6) is -0.0313. The third-order valence-electron chi connectivity index (χ3n) is 3.34. The lowest BCUT2D eigenvalue weighted by Gasteiger charge is -2.17. The number of aryl methyl sites for hydroxylation is 1. The van der Waals surface area contributed by atoms with E-state index in [-0.39, 0.29) is 10.6 Å². The summed E-state index contributed by atoms with van der Waals surface area (Å²) in [5.41, 5.74) is 1.01. The van der Waals surface area contributed by atoms with Crippen LogP contribution in [0.4, 0.5) is 8.78 Å². The van der Waals surface area contributed by atoms with E-state index >= 15 is 0 Å². The number of halogens is 3. The first kappa shape index (κ1) is 18.6. The van der Waals surface area contributed by atoms with Gasteiger partial charge in [-0.2, -0.15) is 8.78 Å². The smallest absolute Gasteiger partial charge is 0.387 e. The Morgan fingerprint density at radius 3 is 2.50 bits per heavy atom. The highest BCUT2D eigenvalue weighted by Crippen LogP contribution is 2.24. The molecule has 24 heavy (non-hydrogen) atoms. The quantitative estimate of drug-likeness (QED) is 0.819. The van der Waals surface area contributed by atoms with Crippen molar-refractivity contribution in [2.75, 3.05) is 0 Å². The van der Waals surface area contributed by atoms with Crippen LogP contribution in [0.1, 0.15) is 24.1 Å². The van der Waals surface area contributed by atoms with Crippen molar-refractivity contribution < 1.29 is 21.9 Å². The number of hydrogen-bond donors (Lipinski definition) is 1. The Labute approximate surface area is 144 Å². The average Bonchev–Trinajstić information content (AvgIpc) is 2.45. The van der Waals surface area contributed by atoms with Gasteiger partial charge in [-0.1, -0.05) is 23.7 Å². The third kappa shape index (κ3) is 4.66. The molecule has 8 heteroatoms. The third-order valence-corrected chi connectivity index (χ3v) is 5.28. The van der Waals surface area contributed by atoms with Gasteiger partial charge in [0.2, 0.25) is 10.0 Å². The molecule has 0 aliphatic heterocycles. The minimum Gasteiger partial charge on any atom is -0.435 e. The van der Waals surface area contributed by atoms with Crippen LogP contribution in [0.15, 0.2) is 47.4 Å². The summed E-state index contributed by atoms with van der Waals surface area (Å²) in [6.07, 6.45) is 0. The van der Waals surface area contributed by atoms with Crippen LogP contribution >= 0.6 is 11.6 Å². The van der Waals surface area contributed by atoms with Gasteiger partial charge in [-0.05, 0) is 55.3 Å². The molecule has 1 atom stereocenters. The van der Waals surface area contributed by atoms with Crippen molar-refractivity contribution in [2.45, 2.75) is 31.4 Å². The molecule has 0 amide bonds. The molecule has 130 valence electrons. The molecule has 0 heterocycles. The van der Waals surface area contributed by atoms with Crippen LogP contribution in [-0.2, 0) is 10.0 Å². The predicted molar refractivity (Wildman–Crippen MR) is 88.0 cm³/mol. The number of rotatable bonds is 6. The van der Waals surface area contributed by atoms with Crippen LogP contribution in [0.5, 0.6) is 5.75 Å². The second kappa shape index (κ2) is 7.46. The number of benzene rings is 2. The van der Waals surface area contributed by atoms with E-state index < -0.39 is 22.7 Å². The Bertz CT molecular complexity index is 828. The van der Waals surface area contributed by atoms with Gasteiger partial charge in [0.15, 0.2) is 0 Å². The molecule has 0 fully saturated rings. The zero-order valence-corrected chi connectivity index (χ0v) is 14.5. The maximum absolute atomic E-state index is 12.5. The Balaban J connectivity index is 2.23. The van der Waals surface area contributed by atoms with Crippen molar-refractivity contribution >= 4 is 21.6 Å². The van der Waals surface area contributed by atoms with E-state index in [4.69, 9.17) is 11.6 Å². The normalized spacial score (nSPS) is 13.1. The summed E-state index contributed by atoms with van der Waals surface area (Å²) >= 11 is 5.84. The van der Waals surface area contributed by atoms with E-state index in [1.54, 1.807) is 26.0 Å². The summed E-state index contributed by atoms with van der Waals surface area (Å²) in [4.78, 5) is 0.110. The molecule has 2 aromatic carbocycles. The van der Waals surface area contributed by atoms with Gasteiger partial charge in [0, 0.05) is 11.1 Å². The standard InChI is InChI=1S/C16H16ClF2NO3S/c1-10-8-13(17)6-7-15(10)24(21,22)20-11(2)12-4-3-5-14(9-12)23-16(18)19/h3-9,11,16,20H,1-2H3. The van der Waals surface area contributed by atoms with Gasteiger partial charge in [0.05, 0.1) is 4.90 Å². The maximum atomic E-state index is 12.5. The van der Waals surface area contributed by atoms with Crippen LogP contribution in [0.3, 0.4) is 0 Å². The fourth-order valence-corrected chi connectivity index (χ4v) is 3.92. The molecule has 0 saturated heterocycles. The van der Waals surface area contributed by atoms with Crippen molar-refractivity contribution in [2.24, 2.45) is 0 Å². The highest BCUT2D eigenvalue weighted by molar-refractivity contribution is 7.89. The largest absolute Gasteiger partial charge is 0.435 e. The summed E-state index contributed by atoms with van der Waals surface area (Å²) in [7, 11) is -3.79. The number of sulfonamides is 1. The fourth-order valence-electron chi connectivity index (χ4n) is 2.24. The molecule has 0 aliphatic carbocycles. The molecule has 0 aromatic heterocycles. The fraction of sp³-hybridized carbons (Fsp3) is 0.250. The van der Waals surface area contributed by atoms with Gasteiger partial charge < -0.3 is 4.74 Å². The zero-order valence-electron chi connectivity index (χ0n) is 13.0. The SMILES string of the molecule is Cc1cc(Cl)ccc1S(=O)(=O)NC(C)c1cccc(OC(F)F)c1. The van der Waals surface area contributed by atoms with Gasteiger partial charge in [-0.15, -0.1) is 0 Å². The topological polar surface area (TPSA) is 55.4 Å². The molecule has 0 radical (unpaired) electrons. The van der Waals surface area contributed by atoms with E-state index in [0.717, 1.165) is 0 Å². The van der Waals surface area contributed by atoms with Crippen molar-refractivity contribution in [3.63, 3.8) is 0 Å². The van der Waals surface area contributed by atoms with Gasteiger partial charge in [0.25, 0.3) is 0 Å². The molecule has 0 bridgehead atoms. The second-order valence-electron chi connectivity index (χ2n) is 5.20. The lowest BCUT2D eigenvalue weighted by Crippen LogP contribution is -2.27. The number of alkyl halides is 2. The van der Waals surface area contributed by atoms with E-state index in [1.807, 2.05) is 0 Å². The number of hydrogen-bond acceptors (Lipinski definition) is 3. The molecule has 0 aliphatic rings. The van der Waals surface area contributed by atoms with Crippen LogP contribution in [0, 0.1) is 6.92 Å². The Hall–Kier alpha value is -1.70. The van der Waals surface area contributed by atoms with E-state index in [9.17, 15) is 17.2 Å². The lowest BCUT2D eigenvalue weighted by molar-refractivity contribution is -0.0499. The summed E-state index contributed by atoms with van der Waals surface area (Å²) in [5, 5.41) is 0.441. The van der Waals surface area contributed by atoms with Crippen LogP contribution in [0.25, 0.3) is 0 Å². The van der Waals surface area contributed by atoms with Crippen LogP contribution < -0.4 is 9.46 Å². The monoisotopic (exact) mass is 375 g/mol. The highest BCUT2D eigenvalue weighted by atomic mass is 35.5. The van der Waals surface area contributed by atoms with E-state index in [0.29, 0.717) is 16.1 Å². The van der Waals surface area contributed by atoms with Gasteiger partial charge >= 0.3 is 6.61 Å². The molecule has 1 N–H and O–H groups in total. The minimum absolute atomic E-state index is 0.0313. The second-order valence-corrected chi connectivity index (χ2v) is 7.32. The van der Waals surface area contributed by atoms with Crippen molar-refractivity contribution in [1.82, 2.24) is 4.72 Å². The first-order valence-corrected chi connectivity index (χ1v) is 8.88. The van der Waals surface area contributed by atoms with Gasteiger partial charge in [-0.25, -0.2) is 13.1 Å². The van der Waals surface area contributed by atoms with Crippen molar-refractivity contribution in [3.05, 3.63) is 58.6 Å². The molecule has 0 spiro atoms. The molecule has 0 saturated carbocycles. The van der Waals surface area contributed by atoms with Crippen LogP contribution in [-0.4, -0.2) is 15.0 Å². The Kier molecular flexibility index (Phi) is 5.79. The lowest BCUT2D eigenvalue weighted by atomic mass is 10.1. The van der Waals surface area contributed by atoms with E-state index in [1.165, 1.54) is 30.3 Å². The molecular formula is C16H16ClF2NO3S. The first-order valence-electron chi connectivity index (χ1n) is 7.02. The number of ether oxygens (including phenoxy) is 1. The molecule has 2 rings (SSSR count). The summed E-state index contributed by atoms with van der Waals surface area (Å²) in [6.45, 7) is 0.316. The Morgan fingerprint density at radius 1 is 1.17 bits per heavy atom. The molecule has 4 nitrogen and oxygen atoms in total. The van der Waals surface area contributed by atoms with Gasteiger partial charge in [-0.3, -0.25) is 0 Å². The first-order chi connectivity index (χ1) is 11.2. The zero-order chi connectivity index (χ0) is 17.9. The van der Waals surface area contributed by atoms with Gasteiger partial charge in [0.1, 0.15) is 5.75 Å². The Morgan fingerprint density at radius 2 is 1.88 bits per heavy atom. The minimum atomic E-state index is -3.79. The van der Waals surface area contributed by atoms with Crippen LogP contribution in [0.2, 0.25) is 5.02 Å². The summed E-state index contributed by atoms with van der Waals surface area (Å²) in [6, 6.07) is 9.72. The van der Waals surface area contributed by atoms with Crippen molar-refractivity contribution in [1.29, 1.82) is 0 Å². The van der Waals surface area contributed by atoms with Crippen molar-refractivity contribution in [3.8, 4) is 5.75 Å². The summed E-state index contributed by atoms with van der Waals surface area (Å²) < 4.78 is 56.4. The molecular weight excluding hydrogens is 360 g/mol. The highest BCUT2D eigenvalue weighted by Gasteiger charge is 2.21. The number of nitrogens with one attached hydrogen (secondary N) is 1. The molecule has 2 aromatic rings. The predicted octanol–water partition coefficient (Wildman–Crippen LogP) is 4.29.